The molecule has 140 valence electrons. The van der Waals surface area contributed by atoms with E-state index in [1.165, 1.54) is 25.0 Å². The molecule has 0 radical (unpaired) electrons. The Kier molecular flexibility index (Phi) is 4.69. The van der Waals surface area contributed by atoms with E-state index < -0.39 is 5.54 Å². The average Bonchev–Trinajstić information content (AvgIpc) is 3.46. The lowest BCUT2D eigenvalue weighted by atomic mass is 9.82. The second kappa shape index (κ2) is 6.99. The number of benzene rings is 1. The number of nitrogens with one attached hydrogen (secondary N) is 1. The van der Waals surface area contributed by atoms with E-state index >= 15 is 0 Å². The zero-order valence-corrected chi connectivity index (χ0v) is 15.0. The molecular weight excluding hydrogens is 333 g/mol. The molecule has 26 heavy (non-hydrogen) atoms. The Morgan fingerprint density at radius 3 is 2.50 bits per heavy atom. The van der Waals surface area contributed by atoms with E-state index in [4.69, 9.17) is 0 Å². The van der Waals surface area contributed by atoms with Crippen LogP contribution in [0.25, 0.3) is 0 Å². The fourth-order valence-electron chi connectivity index (χ4n) is 4.26. The van der Waals surface area contributed by atoms with E-state index in [1.807, 2.05) is 4.90 Å². The van der Waals surface area contributed by atoms with Crippen LogP contribution in [0.2, 0.25) is 0 Å². The third-order valence-corrected chi connectivity index (χ3v) is 6.08. The van der Waals surface area contributed by atoms with Gasteiger partial charge in [0.25, 0.3) is 0 Å². The van der Waals surface area contributed by atoms with Gasteiger partial charge in [-0.1, -0.05) is 12.1 Å². The molecule has 0 atom stereocenters. The third-order valence-electron chi connectivity index (χ3n) is 6.08. The summed E-state index contributed by atoms with van der Waals surface area (Å²) >= 11 is 0. The van der Waals surface area contributed by atoms with Crippen molar-refractivity contribution in [3.05, 3.63) is 35.6 Å². The Hall–Kier alpha value is -1.95. The summed E-state index contributed by atoms with van der Waals surface area (Å²) in [5.41, 5.74) is 0.385. The summed E-state index contributed by atoms with van der Waals surface area (Å²) in [5, 5.41) is 3.04. The molecule has 0 aromatic heterocycles. The Bertz CT molecular complexity index is 679. The molecule has 6 heteroatoms. The van der Waals surface area contributed by atoms with Gasteiger partial charge < -0.3 is 10.2 Å². The van der Waals surface area contributed by atoms with Crippen LogP contribution in [-0.2, 0) is 16.0 Å². The number of carbonyl (C=O) groups excluding carboxylic acids is 2. The van der Waals surface area contributed by atoms with Crippen molar-refractivity contribution in [1.82, 2.24) is 15.1 Å². The highest BCUT2D eigenvalue weighted by molar-refractivity contribution is 5.88. The minimum absolute atomic E-state index is 0.0522. The predicted molar refractivity (Wildman–Crippen MR) is 96.0 cm³/mol. The number of nitrogens with zero attached hydrogens (tertiary/aromatic N) is 2. The summed E-state index contributed by atoms with van der Waals surface area (Å²) in [6.07, 6.45) is 4.22. The van der Waals surface area contributed by atoms with Gasteiger partial charge in [0.05, 0.1) is 6.42 Å². The van der Waals surface area contributed by atoms with Crippen molar-refractivity contribution in [2.75, 3.05) is 32.7 Å². The number of piperidine rings is 1. The molecule has 2 amide bonds. The number of piperazine rings is 1. The van der Waals surface area contributed by atoms with E-state index in [0.29, 0.717) is 25.9 Å². The maximum atomic E-state index is 13.0. The summed E-state index contributed by atoms with van der Waals surface area (Å²) in [6.45, 7) is 3.85. The lowest BCUT2D eigenvalue weighted by molar-refractivity contribution is -0.146. The van der Waals surface area contributed by atoms with Gasteiger partial charge in [0.2, 0.25) is 11.8 Å². The molecule has 1 aliphatic carbocycles. The Morgan fingerprint density at radius 2 is 1.85 bits per heavy atom. The predicted octanol–water partition coefficient (Wildman–Crippen LogP) is 1.57. The Labute approximate surface area is 153 Å². The summed E-state index contributed by atoms with van der Waals surface area (Å²) in [4.78, 5) is 29.5. The molecule has 1 aromatic rings. The van der Waals surface area contributed by atoms with Crippen molar-refractivity contribution in [1.29, 1.82) is 0 Å². The molecule has 2 aliphatic heterocycles. The van der Waals surface area contributed by atoms with Crippen LogP contribution in [0.5, 0.6) is 0 Å². The smallest absolute Gasteiger partial charge is 0.240 e. The van der Waals surface area contributed by atoms with Gasteiger partial charge in [-0.05, 0) is 49.3 Å². The van der Waals surface area contributed by atoms with Crippen LogP contribution < -0.4 is 5.32 Å². The first-order valence-electron chi connectivity index (χ1n) is 9.62. The molecule has 2 saturated heterocycles. The van der Waals surface area contributed by atoms with Crippen LogP contribution in [-0.4, -0.2) is 59.9 Å². The van der Waals surface area contributed by atoms with Crippen molar-refractivity contribution in [3.63, 3.8) is 0 Å². The van der Waals surface area contributed by atoms with Gasteiger partial charge in [-0.25, -0.2) is 4.39 Å². The first-order chi connectivity index (χ1) is 12.6. The van der Waals surface area contributed by atoms with Gasteiger partial charge in [-0.3, -0.25) is 14.5 Å². The summed E-state index contributed by atoms with van der Waals surface area (Å²) < 4.78 is 13.0. The topological polar surface area (TPSA) is 52.7 Å². The quantitative estimate of drug-likeness (QED) is 0.888. The van der Waals surface area contributed by atoms with Crippen LogP contribution >= 0.6 is 0 Å². The van der Waals surface area contributed by atoms with E-state index in [9.17, 15) is 14.0 Å². The fourth-order valence-corrected chi connectivity index (χ4v) is 4.26. The lowest BCUT2D eigenvalue weighted by Gasteiger charge is -2.50. The lowest BCUT2D eigenvalue weighted by Crippen LogP contribution is -2.68. The van der Waals surface area contributed by atoms with Crippen molar-refractivity contribution in [2.45, 2.75) is 37.6 Å². The van der Waals surface area contributed by atoms with Gasteiger partial charge in [-0.2, -0.15) is 0 Å². The van der Waals surface area contributed by atoms with Crippen molar-refractivity contribution in [2.24, 2.45) is 5.92 Å². The monoisotopic (exact) mass is 359 g/mol. The van der Waals surface area contributed by atoms with Crippen LogP contribution in [0.1, 0.15) is 31.2 Å². The van der Waals surface area contributed by atoms with Gasteiger partial charge in [0.15, 0.2) is 0 Å². The van der Waals surface area contributed by atoms with Crippen LogP contribution in [0.3, 0.4) is 0 Å². The summed E-state index contributed by atoms with van der Waals surface area (Å²) in [6, 6.07) is 6.08. The molecule has 4 rings (SSSR count). The van der Waals surface area contributed by atoms with Crippen LogP contribution in [0.15, 0.2) is 24.3 Å². The highest BCUT2D eigenvalue weighted by Crippen LogP contribution is 2.37. The molecule has 1 saturated carbocycles. The van der Waals surface area contributed by atoms with E-state index in [2.05, 4.69) is 10.2 Å². The minimum atomic E-state index is -0.437. The second-order valence-electron chi connectivity index (χ2n) is 7.86. The largest absolute Gasteiger partial charge is 0.353 e. The molecule has 0 unspecified atom stereocenters. The van der Waals surface area contributed by atoms with Crippen molar-refractivity contribution in [3.8, 4) is 0 Å². The highest BCUT2D eigenvalue weighted by Gasteiger charge is 2.49. The number of hydrogen-bond donors (Lipinski definition) is 1. The molecule has 1 N–H and O–H groups in total. The molecule has 0 bridgehead atoms. The Balaban J connectivity index is 1.39. The Morgan fingerprint density at radius 1 is 1.15 bits per heavy atom. The van der Waals surface area contributed by atoms with Crippen LogP contribution in [0.4, 0.5) is 4.39 Å². The van der Waals surface area contributed by atoms with Crippen molar-refractivity contribution < 1.29 is 14.0 Å². The number of amides is 2. The first kappa shape index (κ1) is 17.5. The fraction of sp³-hybridized carbons (Fsp3) is 0.600. The van der Waals surface area contributed by atoms with E-state index in [1.54, 1.807) is 12.1 Å². The standard InChI is InChI=1S/C20H26FN3O2/c21-17-5-3-15(4-6-17)13-18(25)23-10-7-20(8-11-23)19(26)22-9-12-24(20)14-16-1-2-16/h3-6,16H,1-2,7-14H2,(H,22,26). The number of rotatable bonds is 4. The number of halogens is 1. The minimum Gasteiger partial charge on any atom is -0.353 e. The molecule has 3 aliphatic rings. The second-order valence-corrected chi connectivity index (χ2v) is 7.86. The number of hydrogen-bond acceptors (Lipinski definition) is 3. The average molecular weight is 359 g/mol. The van der Waals surface area contributed by atoms with Crippen LogP contribution in [0, 0.1) is 11.7 Å². The molecule has 1 spiro atoms. The van der Waals surface area contributed by atoms with Gasteiger partial charge >= 0.3 is 0 Å². The van der Waals surface area contributed by atoms with Gasteiger partial charge in [-0.15, -0.1) is 0 Å². The maximum absolute atomic E-state index is 13.0. The normalized spacial score (nSPS) is 23.1. The molecule has 2 heterocycles. The molecule has 1 aromatic carbocycles. The van der Waals surface area contributed by atoms with E-state index in [0.717, 1.165) is 31.1 Å². The maximum Gasteiger partial charge on any atom is 0.240 e. The first-order valence-corrected chi connectivity index (χ1v) is 9.62. The zero-order chi connectivity index (χ0) is 18.1. The zero-order valence-electron chi connectivity index (χ0n) is 15.0. The van der Waals surface area contributed by atoms with Gasteiger partial charge in [0.1, 0.15) is 11.4 Å². The van der Waals surface area contributed by atoms with E-state index in [-0.39, 0.29) is 24.1 Å². The number of likely N-dealkylation sites (tertiary alicyclic amines) is 1. The summed E-state index contributed by atoms with van der Waals surface area (Å²) in [5.74, 6) is 0.641. The third kappa shape index (κ3) is 3.47. The molecular formula is C20H26FN3O2. The van der Waals surface area contributed by atoms with Gasteiger partial charge in [0, 0.05) is 32.7 Å². The number of carbonyl (C=O) groups is 2. The summed E-state index contributed by atoms with van der Waals surface area (Å²) in [7, 11) is 0. The molecule has 5 nitrogen and oxygen atoms in total. The SMILES string of the molecule is O=C(Cc1ccc(F)cc1)N1CCC2(CC1)C(=O)NCCN2CC1CC1. The highest BCUT2D eigenvalue weighted by atomic mass is 19.1. The van der Waals surface area contributed by atoms with Crippen molar-refractivity contribution >= 4 is 11.8 Å². The molecule has 3 fully saturated rings.